The summed E-state index contributed by atoms with van der Waals surface area (Å²) in [7, 11) is 4.15. The maximum absolute atomic E-state index is 11.8. The Labute approximate surface area is 123 Å². The minimum atomic E-state index is -0.0469. The third kappa shape index (κ3) is 3.88. The molecule has 2 aromatic heterocycles. The highest BCUT2D eigenvalue weighted by Crippen LogP contribution is 2.15. The molecule has 110 valence electrons. The molecular weight excluding hydrogens is 272 g/mol. The minimum Gasteiger partial charge on any atom is -0.309 e. The number of aromatic amines is 1. The second-order valence-corrected chi connectivity index (χ2v) is 7.07. The monoisotopic (exact) mass is 294 g/mol. The molecule has 5 nitrogen and oxygen atoms in total. The standard InChI is InChI=1S/C14H22N4OS/c1-14(2,9-18(3)4)8-15-7-11-16-10-5-6-20-12(10)13(19)17-11/h5-6,15H,7-9H2,1-4H3,(H,16,17,19). The number of fused-ring (bicyclic) bond motifs is 1. The molecule has 0 amide bonds. The number of rotatable bonds is 6. The van der Waals surface area contributed by atoms with Gasteiger partial charge in [-0.25, -0.2) is 4.98 Å². The summed E-state index contributed by atoms with van der Waals surface area (Å²) in [6.07, 6.45) is 0. The summed E-state index contributed by atoms with van der Waals surface area (Å²) < 4.78 is 0.696. The van der Waals surface area contributed by atoms with Crippen LogP contribution in [0, 0.1) is 5.41 Å². The molecule has 0 aliphatic heterocycles. The first-order valence-electron chi connectivity index (χ1n) is 6.69. The van der Waals surface area contributed by atoms with Gasteiger partial charge in [0, 0.05) is 13.1 Å². The van der Waals surface area contributed by atoms with Gasteiger partial charge >= 0.3 is 0 Å². The van der Waals surface area contributed by atoms with Crippen LogP contribution in [0.1, 0.15) is 19.7 Å². The summed E-state index contributed by atoms with van der Waals surface area (Å²) in [5.74, 6) is 0.696. The molecule has 0 unspecified atom stereocenters. The van der Waals surface area contributed by atoms with Crippen molar-refractivity contribution in [3.63, 3.8) is 0 Å². The first-order valence-corrected chi connectivity index (χ1v) is 7.57. The molecule has 2 aromatic rings. The Morgan fingerprint density at radius 1 is 1.45 bits per heavy atom. The van der Waals surface area contributed by atoms with Crippen LogP contribution in [-0.4, -0.2) is 42.1 Å². The Morgan fingerprint density at radius 2 is 2.20 bits per heavy atom. The summed E-state index contributed by atoms with van der Waals surface area (Å²) in [4.78, 5) is 21.3. The first kappa shape index (κ1) is 15.2. The lowest BCUT2D eigenvalue weighted by atomic mass is 9.93. The molecule has 0 saturated carbocycles. The maximum Gasteiger partial charge on any atom is 0.268 e. The predicted molar refractivity (Wildman–Crippen MR) is 84.3 cm³/mol. The van der Waals surface area contributed by atoms with Crippen molar-refractivity contribution in [2.75, 3.05) is 27.2 Å². The van der Waals surface area contributed by atoms with Crippen molar-refractivity contribution < 1.29 is 0 Å². The number of hydrogen-bond donors (Lipinski definition) is 2. The Kier molecular flexibility index (Phi) is 4.57. The molecule has 0 saturated heterocycles. The van der Waals surface area contributed by atoms with Crippen molar-refractivity contribution in [3.8, 4) is 0 Å². The SMILES string of the molecule is CN(C)CC(C)(C)CNCc1nc2ccsc2c(=O)[nH]1. The van der Waals surface area contributed by atoms with Gasteiger partial charge in [-0.3, -0.25) is 4.79 Å². The molecular formula is C14H22N4OS. The third-order valence-electron chi connectivity index (χ3n) is 3.00. The Balaban J connectivity index is 1.97. The van der Waals surface area contributed by atoms with Gasteiger partial charge < -0.3 is 15.2 Å². The van der Waals surface area contributed by atoms with Gasteiger partial charge in [0.15, 0.2) is 0 Å². The van der Waals surface area contributed by atoms with Crippen LogP contribution < -0.4 is 10.9 Å². The number of nitrogens with one attached hydrogen (secondary N) is 2. The van der Waals surface area contributed by atoms with Crippen molar-refractivity contribution in [3.05, 3.63) is 27.6 Å². The number of thiophene rings is 1. The predicted octanol–water partition coefficient (Wildman–Crippen LogP) is 1.66. The van der Waals surface area contributed by atoms with Gasteiger partial charge in [0.25, 0.3) is 5.56 Å². The lowest BCUT2D eigenvalue weighted by Crippen LogP contribution is -2.37. The molecule has 2 N–H and O–H groups in total. The van der Waals surface area contributed by atoms with E-state index in [0.717, 1.165) is 18.6 Å². The van der Waals surface area contributed by atoms with E-state index in [1.807, 2.05) is 11.4 Å². The van der Waals surface area contributed by atoms with E-state index in [4.69, 9.17) is 0 Å². The molecule has 0 aliphatic carbocycles. The van der Waals surface area contributed by atoms with Gasteiger partial charge in [0.05, 0.1) is 12.1 Å². The summed E-state index contributed by atoms with van der Waals surface area (Å²) >= 11 is 1.43. The smallest absolute Gasteiger partial charge is 0.268 e. The zero-order valence-electron chi connectivity index (χ0n) is 12.5. The van der Waals surface area contributed by atoms with Gasteiger partial charge in [-0.1, -0.05) is 13.8 Å². The molecule has 2 heterocycles. The normalized spacial score (nSPS) is 12.4. The van der Waals surface area contributed by atoms with Crippen molar-refractivity contribution >= 4 is 21.6 Å². The molecule has 0 bridgehead atoms. The lowest BCUT2D eigenvalue weighted by Gasteiger charge is -2.28. The number of nitrogens with zero attached hydrogens (tertiary/aromatic N) is 2. The number of hydrogen-bond acceptors (Lipinski definition) is 5. The Morgan fingerprint density at radius 3 is 2.90 bits per heavy atom. The molecule has 0 aliphatic rings. The van der Waals surface area contributed by atoms with Crippen LogP contribution in [0.2, 0.25) is 0 Å². The van der Waals surface area contributed by atoms with Gasteiger partial charge in [0.1, 0.15) is 10.5 Å². The van der Waals surface area contributed by atoms with E-state index in [1.54, 1.807) is 0 Å². The van der Waals surface area contributed by atoms with Crippen molar-refractivity contribution in [2.45, 2.75) is 20.4 Å². The Hall–Kier alpha value is -1.24. The molecule has 0 radical (unpaired) electrons. The largest absolute Gasteiger partial charge is 0.309 e. The van der Waals surface area contributed by atoms with E-state index in [2.05, 4.69) is 48.1 Å². The fourth-order valence-electron chi connectivity index (χ4n) is 2.44. The van der Waals surface area contributed by atoms with E-state index in [0.29, 0.717) is 17.1 Å². The fourth-order valence-corrected chi connectivity index (χ4v) is 3.16. The van der Waals surface area contributed by atoms with Crippen LogP contribution in [0.25, 0.3) is 10.2 Å². The molecule has 0 spiro atoms. The average molecular weight is 294 g/mol. The summed E-state index contributed by atoms with van der Waals surface area (Å²) in [6.45, 7) is 6.90. The zero-order valence-corrected chi connectivity index (χ0v) is 13.3. The molecule has 6 heteroatoms. The number of aromatic nitrogens is 2. The highest BCUT2D eigenvalue weighted by molar-refractivity contribution is 7.17. The van der Waals surface area contributed by atoms with Crippen LogP contribution in [0.3, 0.4) is 0 Å². The fraction of sp³-hybridized carbons (Fsp3) is 0.571. The average Bonchev–Trinajstić information content (AvgIpc) is 2.75. The van der Waals surface area contributed by atoms with Gasteiger partial charge in [-0.15, -0.1) is 11.3 Å². The highest BCUT2D eigenvalue weighted by Gasteiger charge is 2.18. The van der Waals surface area contributed by atoms with E-state index in [1.165, 1.54) is 11.3 Å². The van der Waals surface area contributed by atoms with Crippen LogP contribution >= 0.6 is 11.3 Å². The van der Waals surface area contributed by atoms with Gasteiger partial charge in [0.2, 0.25) is 0 Å². The molecule has 0 fully saturated rings. The van der Waals surface area contributed by atoms with E-state index < -0.39 is 0 Å². The first-order chi connectivity index (χ1) is 9.37. The second kappa shape index (κ2) is 6.03. The van der Waals surface area contributed by atoms with Crippen LogP contribution in [0.4, 0.5) is 0 Å². The molecule has 2 rings (SSSR count). The maximum atomic E-state index is 11.8. The van der Waals surface area contributed by atoms with Crippen LogP contribution in [-0.2, 0) is 6.54 Å². The molecule has 20 heavy (non-hydrogen) atoms. The second-order valence-electron chi connectivity index (χ2n) is 6.15. The van der Waals surface area contributed by atoms with E-state index >= 15 is 0 Å². The van der Waals surface area contributed by atoms with Crippen molar-refractivity contribution in [2.24, 2.45) is 5.41 Å². The van der Waals surface area contributed by atoms with E-state index in [9.17, 15) is 4.79 Å². The lowest BCUT2D eigenvalue weighted by molar-refractivity contribution is 0.232. The van der Waals surface area contributed by atoms with Crippen molar-refractivity contribution in [1.29, 1.82) is 0 Å². The third-order valence-corrected chi connectivity index (χ3v) is 3.91. The highest BCUT2D eigenvalue weighted by atomic mass is 32.1. The van der Waals surface area contributed by atoms with Gasteiger partial charge in [-0.05, 0) is 31.0 Å². The summed E-state index contributed by atoms with van der Waals surface area (Å²) in [5, 5.41) is 5.27. The zero-order chi connectivity index (χ0) is 14.8. The van der Waals surface area contributed by atoms with Crippen molar-refractivity contribution in [1.82, 2.24) is 20.2 Å². The Bertz CT molecular complexity index is 629. The summed E-state index contributed by atoms with van der Waals surface area (Å²) in [6, 6.07) is 1.88. The molecule has 0 aromatic carbocycles. The van der Waals surface area contributed by atoms with Crippen LogP contribution in [0.15, 0.2) is 16.2 Å². The van der Waals surface area contributed by atoms with Crippen LogP contribution in [0.5, 0.6) is 0 Å². The van der Waals surface area contributed by atoms with Gasteiger partial charge in [-0.2, -0.15) is 0 Å². The molecule has 0 atom stereocenters. The topological polar surface area (TPSA) is 61.0 Å². The number of H-pyrrole nitrogens is 1. The summed E-state index contributed by atoms with van der Waals surface area (Å²) in [5.41, 5.74) is 0.911. The van der Waals surface area contributed by atoms with E-state index in [-0.39, 0.29) is 11.0 Å². The minimum absolute atomic E-state index is 0.0469. The quantitative estimate of drug-likeness (QED) is 0.850.